The van der Waals surface area contributed by atoms with Gasteiger partial charge in [0.25, 0.3) is 0 Å². The zero-order valence-corrected chi connectivity index (χ0v) is 13.8. The van der Waals surface area contributed by atoms with Crippen LogP contribution in [0.5, 0.6) is 0 Å². The number of rotatable bonds is 3. The van der Waals surface area contributed by atoms with Crippen LogP contribution in [0.4, 0.5) is 5.95 Å². The minimum absolute atomic E-state index is 0.104. The van der Waals surface area contributed by atoms with E-state index in [1.165, 1.54) is 4.88 Å². The van der Waals surface area contributed by atoms with Gasteiger partial charge in [0, 0.05) is 17.1 Å². The fraction of sp³-hybridized carbons (Fsp3) is 0.385. The Labute approximate surface area is 135 Å². The van der Waals surface area contributed by atoms with Crippen molar-refractivity contribution in [1.82, 2.24) is 19.5 Å². The number of amidine groups is 1. The Morgan fingerprint density at radius 2 is 2.32 bits per heavy atom. The summed E-state index contributed by atoms with van der Waals surface area (Å²) in [6, 6.07) is 0. The van der Waals surface area contributed by atoms with Gasteiger partial charge in [-0.15, -0.1) is 5.10 Å². The molecule has 114 valence electrons. The first-order chi connectivity index (χ1) is 10.6. The number of amides is 1. The second-order valence-electron chi connectivity index (χ2n) is 5.14. The third-order valence-electron chi connectivity index (χ3n) is 3.69. The van der Waals surface area contributed by atoms with Gasteiger partial charge in [-0.3, -0.25) is 15.1 Å². The fourth-order valence-electron chi connectivity index (χ4n) is 2.44. The molecular formula is C13H14N6OS2. The van der Waals surface area contributed by atoms with Gasteiger partial charge in [0.05, 0.1) is 18.7 Å². The van der Waals surface area contributed by atoms with Crippen molar-refractivity contribution in [2.75, 3.05) is 18.4 Å². The van der Waals surface area contributed by atoms with E-state index in [-0.39, 0.29) is 5.91 Å². The van der Waals surface area contributed by atoms with Gasteiger partial charge in [-0.2, -0.15) is 4.98 Å². The minimum Gasteiger partial charge on any atom is -0.322 e. The Kier molecular flexibility index (Phi) is 3.19. The summed E-state index contributed by atoms with van der Waals surface area (Å²) in [4.78, 5) is 25.0. The molecule has 0 saturated heterocycles. The summed E-state index contributed by atoms with van der Waals surface area (Å²) in [5, 5.41) is 10.1. The van der Waals surface area contributed by atoms with Gasteiger partial charge in [0.2, 0.25) is 16.8 Å². The lowest BCUT2D eigenvalue weighted by Gasteiger charge is -2.15. The zero-order valence-electron chi connectivity index (χ0n) is 12.2. The largest absolute Gasteiger partial charge is 0.322 e. The van der Waals surface area contributed by atoms with Crippen molar-refractivity contribution in [2.45, 2.75) is 20.3 Å². The number of hydrogen-bond acceptors (Lipinski definition) is 7. The number of nitrogens with zero attached hydrogens (tertiary/aromatic N) is 5. The number of aromatic nitrogens is 3. The van der Waals surface area contributed by atoms with Gasteiger partial charge in [0.15, 0.2) is 5.17 Å². The monoisotopic (exact) mass is 334 g/mol. The molecule has 4 rings (SSSR count). The van der Waals surface area contributed by atoms with Crippen LogP contribution in [0, 0.1) is 13.8 Å². The Hall–Kier alpha value is -1.87. The molecule has 2 aliphatic rings. The molecule has 2 aromatic rings. The summed E-state index contributed by atoms with van der Waals surface area (Å²) in [5.41, 5.74) is 2.05. The highest BCUT2D eigenvalue weighted by atomic mass is 32.2. The van der Waals surface area contributed by atoms with Crippen LogP contribution < -0.4 is 5.32 Å². The quantitative estimate of drug-likeness (QED) is 0.929. The van der Waals surface area contributed by atoms with Crippen LogP contribution >= 0.6 is 23.1 Å². The second kappa shape index (κ2) is 5.10. The molecule has 2 aliphatic heterocycles. The molecule has 0 unspecified atom stereocenters. The number of nitrogens with one attached hydrogen (secondary N) is 1. The van der Waals surface area contributed by atoms with Crippen molar-refractivity contribution >= 4 is 45.1 Å². The van der Waals surface area contributed by atoms with E-state index in [4.69, 9.17) is 0 Å². The van der Waals surface area contributed by atoms with E-state index >= 15 is 0 Å². The molecule has 0 fully saturated rings. The summed E-state index contributed by atoms with van der Waals surface area (Å²) < 4.78 is 1.77. The molecule has 4 heterocycles. The van der Waals surface area contributed by atoms with E-state index in [2.05, 4.69) is 25.3 Å². The lowest BCUT2D eigenvalue weighted by molar-refractivity contribution is -0.115. The Balaban J connectivity index is 1.46. The maximum Gasteiger partial charge on any atom is 0.250 e. The number of thioether (sulfide) groups is 1. The van der Waals surface area contributed by atoms with Gasteiger partial charge in [-0.05, 0) is 19.3 Å². The molecular weight excluding hydrogens is 320 g/mol. The number of aryl methyl sites for hydroxylation is 2. The fourth-order valence-corrected chi connectivity index (χ4v) is 4.30. The van der Waals surface area contributed by atoms with Crippen molar-refractivity contribution < 1.29 is 4.79 Å². The lowest BCUT2D eigenvalue weighted by Crippen LogP contribution is -2.24. The van der Waals surface area contributed by atoms with Crippen molar-refractivity contribution in [3.05, 3.63) is 21.7 Å². The van der Waals surface area contributed by atoms with Crippen molar-refractivity contribution in [2.24, 2.45) is 4.99 Å². The first-order valence-corrected chi connectivity index (χ1v) is 8.62. The molecule has 1 amide bonds. The van der Waals surface area contributed by atoms with E-state index in [0.717, 1.165) is 34.6 Å². The maximum absolute atomic E-state index is 12.2. The number of fused-ring (bicyclic) bond motifs is 2. The Morgan fingerprint density at radius 3 is 3.14 bits per heavy atom. The third kappa shape index (κ3) is 2.20. The van der Waals surface area contributed by atoms with Gasteiger partial charge < -0.3 is 4.90 Å². The summed E-state index contributed by atoms with van der Waals surface area (Å²) in [7, 11) is 0. The van der Waals surface area contributed by atoms with Crippen LogP contribution in [-0.2, 0) is 4.79 Å². The average molecular weight is 334 g/mol. The molecule has 0 spiro atoms. The zero-order chi connectivity index (χ0) is 15.3. The maximum atomic E-state index is 12.2. The van der Waals surface area contributed by atoms with Crippen LogP contribution in [0.2, 0.25) is 0 Å². The minimum atomic E-state index is -0.104. The standard InChI is InChI=1S/C13H14N6OS2/c1-7-8(2)22-13-16-11(17-19(7)13)15-10(20)5-9-6-21-12-14-3-4-18(9)12/h6H,3-5H2,1-2H3,(H,15,17,20). The van der Waals surface area contributed by atoms with E-state index in [1.807, 2.05) is 19.3 Å². The van der Waals surface area contributed by atoms with E-state index < -0.39 is 0 Å². The van der Waals surface area contributed by atoms with E-state index in [0.29, 0.717) is 12.4 Å². The second-order valence-corrected chi connectivity index (χ2v) is 7.16. The molecule has 2 aromatic heterocycles. The number of hydrogen-bond donors (Lipinski definition) is 1. The first kappa shape index (κ1) is 13.8. The summed E-state index contributed by atoms with van der Waals surface area (Å²) in [6.07, 6.45) is 0.316. The van der Waals surface area contributed by atoms with Gasteiger partial charge in [-0.1, -0.05) is 23.1 Å². The number of anilines is 1. The Bertz CT molecular complexity index is 833. The molecule has 0 aliphatic carbocycles. The number of aliphatic imine (C=N–C) groups is 1. The van der Waals surface area contributed by atoms with Crippen LogP contribution in [0.25, 0.3) is 4.96 Å². The molecule has 0 aromatic carbocycles. The highest BCUT2D eigenvalue weighted by Crippen LogP contribution is 2.31. The first-order valence-electron chi connectivity index (χ1n) is 6.92. The highest BCUT2D eigenvalue weighted by Gasteiger charge is 2.27. The normalized spacial score (nSPS) is 16.9. The van der Waals surface area contributed by atoms with Gasteiger partial charge in [-0.25, -0.2) is 4.52 Å². The SMILES string of the molecule is Cc1sc2nc(NC(=O)CC3=CSC4=NCCN34)nn2c1C. The van der Waals surface area contributed by atoms with Crippen molar-refractivity contribution in [1.29, 1.82) is 0 Å². The van der Waals surface area contributed by atoms with Crippen LogP contribution in [0.15, 0.2) is 16.1 Å². The molecule has 22 heavy (non-hydrogen) atoms. The van der Waals surface area contributed by atoms with Crippen LogP contribution in [0.1, 0.15) is 17.0 Å². The molecule has 1 N–H and O–H groups in total. The van der Waals surface area contributed by atoms with E-state index in [9.17, 15) is 4.79 Å². The molecule has 0 radical (unpaired) electrons. The number of thiazole rings is 1. The molecule has 0 saturated carbocycles. The topological polar surface area (TPSA) is 74.9 Å². The third-order valence-corrected chi connectivity index (χ3v) is 5.69. The predicted octanol–water partition coefficient (Wildman–Crippen LogP) is 2.00. The van der Waals surface area contributed by atoms with Crippen LogP contribution in [-0.4, -0.2) is 43.7 Å². The summed E-state index contributed by atoms with van der Waals surface area (Å²) in [5.74, 6) is 0.258. The van der Waals surface area contributed by atoms with Gasteiger partial charge >= 0.3 is 0 Å². The number of carbonyl (C=O) groups excluding carboxylic acids is 1. The molecule has 7 nitrogen and oxygen atoms in total. The number of carbonyl (C=O) groups is 1. The van der Waals surface area contributed by atoms with Gasteiger partial charge in [0.1, 0.15) is 0 Å². The van der Waals surface area contributed by atoms with Crippen molar-refractivity contribution in [3.63, 3.8) is 0 Å². The molecule has 0 atom stereocenters. The summed E-state index contributed by atoms with van der Waals surface area (Å²) >= 11 is 3.15. The average Bonchev–Trinajstić information content (AvgIpc) is 3.18. The lowest BCUT2D eigenvalue weighted by atomic mass is 10.3. The summed E-state index contributed by atoms with van der Waals surface area (Å²) in [6.45, 7) is 5.69. The van der Waals surface area contributed by atoms with E-state index in [1.54, 1.807) is 27.6 Å². The predicted molar refractivity (Wildman–Crippen MR) is 88.3 cm³/mol. The molecule has 9 heteroatoms. The van der Waals surface area contributed by atoms with Crippen molar-refractivity contribution in [3.8, 4) is 0 Å². The highest BCUT2D eigenvalue weighted by molar-refractivity contribution is 8.16. The smallest absolute Gasteiger partial charge is 0.250 e. The molecule has 0 bridgehead atoms. The van der Waals surface area contributed by atoms with Crippen LogP contribution in [0.3, 0.4) is 0 Å². The Morgan fingerprint density at radius 1 is 1.45 bits per heavy atom.